The molecule has 0 amide bonds. The van der Waals surface area contributed by atoms with E-state index in [1.807, 2.05) is 6.07 Å². The zero-order valence-corrected chi connectivity index (χ0v) is 13.0. The van der Waals surface area contributed by atoms with E-state index in [0.717, 1.165) is 28.1 Å². The molecule has 0 spiro atoms. The Morgan fingerprint density at radius 2 is 2.05 bits per heavy atom. The highest BCUT2D eigenvalue weighted by molar-refractivity contribution is 9.10. The highest BCUT2D eigenvalue weighted by atomic mass is 79.9. The van der Waals surface area contributed by atoms with Crippen molar-refractivity contribution in [1.82, 2.24) is 5.32 Å². The predicted octanol–water partition coefficient (Wildman–Crippen LogP) is 2.47. The Balaban J connectivity index is 2.20. The van der Waals surface area contributed by atoms with Crippen LogP contribution in [0, 0.1) is 5.92 Å². The summed E-state index contributed by atoms with van der Waals surface area (Å²) >= 11 is 3.54. The molecule has 0 fully saturated rings. The van der Waals surface area contributed by atoms with Crippen LogP contribution >= 0.6 is 15.9 Å². The molecule has 5 heteroatoms. The number of nitrogens with two attached hydrogens (primary N) is 1. The first-order valence-electron chi connectivity index (χ1n) is 6.64. The SMILES string of the molecule is CC(C)CNC(CN)c1cc(Br)c2c(c1)OCCO2. The van der Waals surface area contributed by atoms with Crippen LogP contribution < -0.4 is 20.5 Å². The van der Waals surface area contributed by atoms with Gasteiger partial charge in [-0.3, -0.25) is 0 Å². The van der Waals surface area contributed by atoms with E-state index in [1.54, 1.807) is 0 Å². The Hall–Kier alpha value is -0.780. The Bertz CT molecular complexity index is 438. The largest absolute Gasteiger partial charge is 0.486 e. The predicted molar refractivity (Wildman–Crippen MR) is 79.8 cm³/mol. The van der Waals surface area contributed by atoms with E-state index in [9.17, 15) is 0 Å². The summed E-state index contributed by atoms with van der Waals surface area (Å²) in [4.78, 5) is 0. The molecule has 4 nitrogen and oxygen atoms in total. The van der Waals surface area contributed by atoms with E-state index >= 15 is 0 Å². The maximum absolute atomic E-state index is 5.87. The van der Waals surface area contributed by atoms with Gasteiger partial charge in [0.1, 0.15) is 13.2 Å². The number of fused-ring (bicyclic) bond motifs is 1. The number of rotatable bonds is 5. The Kier molecular flexibility index (Phi) is 5.07. The summed E-state index contributed by atoms with van der Waals surface area (Å²) < 4.78 is 12.2. The van der Waals surface area contributed by atoms with E-state index in [4.69, 9.17) is 15.2 Å². The zero-order valence-electron chi connectivity index (χ0n) is 11.4. The summed E-state index contributed by atoms with van der Waals surface area (Å²) in [5, 5.41) is 3.48. The lowest BCUT2D eigenvalue weighted by Gasteiger charge is -2.24. The van der Waals surface area contributed by atoms with Crippen molar-refractivity contribution in [2.24, 2.45) is 11.7 Å². The van der Waals surface area contributed by atoms with E-state index in [1.165, 1.54) is 0 Å². The van der Waals surface area contributed by atoms with E-state index < -0.39 is 0 Å². The van der Waals surface area contributed by atoms with Crippen LogP contribution in [0.25, 0.3) is 0 Å². The van der Waals surface area contributed by atoms with Crippen LogP contribution in [0.1, 0.15) is 25.5 Å². The lowest BCUT2D eigenvalue weighted by molar-refractivity contribution is 0.170. The normalized spacial score (nSPS) is 15.6. The summed E-state index contributed by atoms with van der Waals surface area (Å²) in [6, 6.07) is 4.21. The third-order valence-corrected chi connectivity index (χ3v) is 3.62. The van der Waals surface area contributed by atoms with Gasteiger partial charge in [-0.2, -0.15) is 0 Å². The molecule has 1 heterocycles. The molecule has 0 saturated carbocycles. The molecule has 0 bridgehead atoms. The van der Waals surface area contributed by atoms with Crippen LogP contribution in [-0.2, 0) is 0 Å². The summed E-state index contributed by atoms with van der Waals surface area (Å²) in [5.74, 6) is 2.17. The van der Waals surface area contributed by atoms with Gasteiger partial charge in [0, 0.05) is 12.6 Å². The summed E-state index contributed by atoms with van der Waals surface area (Å²) in [6.45, 7) is 7.04. The van der Waals surface area contributed by atoms with Gasteiger partial charge in [0.25, 0.3) is 0 Å². The van der Waals surface area contributed by atoms with Crippen LogP contribution in [0.2, 0.25) is 0 Å². The molecule has 1 atom stereocenters. The summed E-state index contributed by atoms with van der Waals surface area (Å²) in [7, 11) is 0. The monoisotopic (exact) mass is 328 g/mol. The number of ether oxygens (including phenoxy) is 2. The van der Waals surface area contributed by atoms with Gasteiger partial charge < -0.3 is 20.5 Å². The molecule has 1 aromatic carbocycles. The molecule has 1 unspecified atom stereocenters. The molecule has 0 saturated heterocycles. The number of nitrogens with one attached hydrogen (secondary N) is 1. The van der Waals surface area contributed by atoms with Crippen LogP contribution in [-0.4, -0.2) is 26.3 Å². The average molecular weight is 329 g/mol. The molecule has 0 aliphatic carbocycles. The van der Waals surface area contributed by atoms with Crippen molar-refractivity contribution in [2.75, 3.05) is 26.3 Å². The van der Waals surface area contributed by atoms with Gasteiger partial charge >= 0.3 is 0 Å². The minimum absolute atomic E-state index is 0.134. The minimum Gasteiger partial charge on any atom is -0.486 e. The summed E-state index contributed by atoms with van der Waals surface area (Å²) in [5.41, 5.74) is 6.99. The maximum atomic E-state index is 5.87. The fourth-order valence-electron chi connectivity index (χ4n) is 2.05. The molecule has 0 aromatic heterocycles. The lowest BCUT2D eigenvalue weighted by Crippen LogP contribution is -2.31. The third-order valence-electron chi connectivity index (χ3n) is 3.03. The number of hydrogen-bond donors (Lipinski definition) is 2. The first kappa shape index (κ1) is 14.6. The first-order valence-corrected chi connectivity index (χ1v) is 7.43. The van der Waals surface area contributed by atoms with Crippen molar-refractivity contribution >= 4 is 15.9 Å². The lowest BCUT2D eigenvalue weighted by atomic mass is 10.1. The van der Waals surface area contributed by atoms with Gasteiger partial charge in [-0.05, 0) is 46.1 Å². The number of halogens is 1. The van der Waals surface area contributed by atoms with Gasteiger partial charge in [0.05, 0.1) is 4.47 Å². The Morgan fingerprint density at radius 3 is 2.74 bits per heavy atom. The Morgan fingerprint density at radius 1 is 1.32 bits per heavy atom. The second kappa shape index (κ2) is 6.59. The number of hydrogen-bond acceptors (Lipinski definition) is 4. The molecule has 2 rings (SSSR count). The molecule has 106 valence electrons. The molecule has 1 aromatic rings. The zero-order chi connectivity index (χ0) is 13.8. The van der Waals surface area contributed by atoms with Gasteiger partial charge in [-0.25, -0.2) is 0 Å². The van der Waals surface area contributed by atoms with Crippen molar-refractivity contribution in [2.45, 2.75) is 19.9 Å². The van der Waals surface area contributed by atoms with Crippen molar-refractivity contribution in [3.05, 3.63) is 22.2 Å². The van der Waals surface area contributed by atoms with Crippen LogP contribution in [0.3, 0.4) is 0 Å². The second-order valence-electron chi connectivity index (χ2n) is 5.12. The Labute approximate surface area is 122 Å². The van der Waals surface area contributed by atoms with Crippen LogP contribution in [0.5, 0.6) is 11.5 Å². The molecule has 1 aliphatic heterocycles. The van der Waals surface area contributed by atoms with E-state index in [0.29, 0.717) is 25.7 Å². The second-order valence-corrected chi connectivity index (χ2v) is 5.97. The van der Waals surface area contributed by atoms with Crippen LogP contribution in [0.15, 0.2) is 16.6 Å². The number of benzene rings is 1. The van der Waals surface area contributed by atoms with Gasteiger partial charge in [-0.15, -0.1) is 0 Å². The highest BCUT2D eigenvalue weighted by Gasteiger charge is 2.19. The van der Waals surface area contributed by atoms with Crippen molar-refractivity contribution < 1.29 is 9.47 Å². The molecule has 0 radical (unpaired) electrons. The minimum atomic E-state index is 0.134. The molecule has 1 aliphatic rings. The standard InChI is InChI=1S/C14H21BrN2O2/c1-9(2)8-17-12(7-16)10-5-11(15)14-13(6-10)18-3-4-19-14/h5-6,9,12,17H,3-4,7-8,16H2,1-2H3. The molecule has 19 heavy (non-hydrogen) atoms. The van der Waals surface area contributed by atoms with Crippen molar-refractivity contribution in [3.63, 3.8) is 0 Å². The first-order chi connectivity index (χ1) is 9.11. The fraction of sp³-hybridized carbons (Fsp3) is 0.571. The smallest absolute Gasteiger partial charge is 0.175 e. The van der Waals surface area contributed by atoms with Crippen molar-refractivity contribution in [1.29, 1.82) is 0 Å². The molecular formula is C14H21BrN2O2. The summed E-state index contributed by atoms with van der Waals surface area (Å²) in [6.07, 6.45) is 0. The van der Waals surface area contributed by atoms with E-state index in [-0.39, 0.29) is 6.04 Å². The van der Waals surface area contributed by atoms with Gasteiger partial charge in [0.15, 0.2) is 11.5 Å². The fourth-order valence-corrected chi connectivity index (χ4v) is 2.62. The quantitative estimate of drug-likeness (QED) is 0.871. The van der Waals surface area contributed by atoms with Gasteiger partial charge in [0.2, 0.25) is 0 Å². The molecule has 3 N–H and O–H groups in total. The topological polar surface area (TPSA) is 56.5 Å². The third kappa shape index (κ3) is 3.61. The van der Waals surface area contributed by atoms with E-state index in [2.05, 4.69) is 41.2 Å². The van der Waals surface area contributed by atoms with Gasteiger partial charge in [-0.1, -0.05) is 13.8 Å². The maximum Gasteiger partial charge on any atom is 0.175 e. The highest BCUT2D eigenvalue weighted by Crippen LogP contribution is 2.39. The van der Waals surface area contributed by atoms with Crippen molar-refractivity contribution in [3.8, 4) is 11.5 Å². The molecular weight excluding hydrogens is 308 g/mol. The average Bonchev–Trinajstić information content (AvgIpc) is 2.39. The van der Waals surface area contributed by atoms with Crippen LogP contribution in [0.4, 0.5) is 0 Å².